The van der Waals surface area contributed by atoms with Crippen molar-refractivity contribution in [1.29, 1.82) is 0 Å². The van der Waals surface area contributed by atoms with Crippen molar-refractivity contribution in [1.82, 2.24) is 4.66 Å². The molecule has 0 N–H and O–H groups in total. The number of nitrogens with zero attached hydrogens (tertiary/aromatic N) is 2. The van der Waals surface area contributed by atoms with Crippen LogP contribution in [-0.4, -0.2) is 24.0 Å². The lowest BCUT2D eigenvalue weighted by atomic mass is 10.8. The van der Waals surface area contributed by atoms with Crippen molar-refractivity contribution in [2.75, 3.05) is 19.4 Å². The van der Waals surface area contributed by atoms with E-state index in [-0.39, 0.29) is 12.8 Å². The Balaban J connectivity index is 3.99. The minimum atomic E-state index is -4.20. The zero-order valence-corrected chi connectivity index (χ0v) is 10.5. The Morgan fingerprint density at radius 2 is 2.00 bits per heavy atom. The van der Waals surface area contributed by atoms with E-state index in [0.717, 1.165) is 0 Å². The first-order valence-corrected chi connectivity index (χ1v) is 7.57. The number of hydrogen-bond acceptors (Lipinski definition) is 3. The van der Waals surface area contributed by atoms with Gasteiger partial charge in [0.2, 0.25) is 0 Å². The molecule has 0 fully saturated rings. The Morgan fingerprint density at radius 1 is 1.40 bits per heavy atom. The summed E-state index contributed by atoms with van der Waals surface area (Å²) in [5, 5.41) is 0. The van der Waals surface area contributed by atoms with Crippen LogP contribution in [0.1, 0.15) is 6.92 Å². The summed E-state index contributed by atoms with van der Waals surface area (Å²) in [6.07, 6.45) is -0.175. The number of halogens is 5. The highest BCUT2D eigenvalue weighted by Crippen LogP contribution is 2.62. The van der Waals surface area contributed by atoms with Crippen LogP contribution in [0.2, 0.25) is 0 Å². The molecule has 0 spiro atoms. The first-order valence-electron chi connectivity index (χ1n) is 3.83. The Kier molecular flexibility index (Phi) is 9.16. The Labute approximate surface area is 87.5 Å². The largest absolute Gasteiger partial charge is 0.381 e. The van der Waals surface area contributed by atoms with Crippen molar-refractivity contribution in [2.45, 2.75) is 6.92 Å². The minimum Gasteiger partial charge on any atom is -0.381 e. The van der Waals surface area contributed by atoms with Crippen molar-refractivity contribution < 1.29 is 26.0 Å². The van der Waals surface area contributed by atoms with Gasteiger partial charge in [-0.1, -0.05) is 0 Å². The second kappa shape index (κ2) is 8.77. The van der Waals surface area contributed by atoms with Gasteiger partial charge in [0.05, 0.1) is 6.61 Å². The normalized spacial score (nSPS) is 16.3. The highest BCUT2D eigenvalue weighted by Gasteiger charge is 2.29. The van der Waals surface area contributed by atoms with Crippen molar-refractivity contribution in [3.05, 3.63) is 0 Å². The maximum atomic E-state index is 12.8. The van der Waals surface area contributed by atoms with Gasteiger partial charge in [0.1, 0.15) is 8.02 Å². The summed E-state index contributed by atoms with van der Waals surface area (Å²) in [5.41, 5.74) is 0. The van der Waals surface area contributed by atoms with Gasteiger partial charge in [-0.3, -0.25) is 0 Å². The molecule has 15 heavy (non-hydrogen) atoms. The molecule has 0 bridgehead atoms. The van der Waals surface area contributed by atoms with Gasteiger partial charge in [-0.25, -0.2) is 8.71 Å². The van der Waals surface area contributed by atoms with E-state index in [1.807, 2.05) is 0 Å². The van der Waals surface area contributed by atoms with Crippen LogP contribution in [-0.2, 0) is 4.74 Å². The summed E-state index contributed by atoms with van der Waals surface area (Å²) >= 11 is 0. The van der Waals surface area contributed by atoms with Gasteiger partial charge < -0.3 is 4.74 Å². The molecule has 0 amide bonds. The van der Waals surface area contributed by atoms with Gasteiger partial charge in [0, 0.05) is 17.4 Å². The molecule has 92 valence electrons. The van der Waals surface area contributed by atoms with Gasteiger partial charge in [-0.15, -0.1) is 4.48 Å². The van der Waals surface area contributed by atoms with E-state index < -0.39 is 29.9 Å². The van der Waals surface area contributed by atoms with E-state index in [9.17, 15) is 21.3 Å². The first kappa shape index (κ1) is 15.7. The molecule has 0 radical (unpaired) electrons. The summed E-state index contributed by atoms with van der Waals surface area (Å²) in [4.78, 5) is 0. The predicted octanol–water partition coefficient (Wildman–Crippen LogP) is 4.85. The van der Waals surface area contributed by atoms with Crippen LogP contribution in [0, 0.1) is 0 Å². The molecule has 11 heteroatoms. The van der Waals surface area contributed by atoms with Crippen LogP contribution in [0.25, 0.3) is 0 Å². The van der Waals surface area contributed by atoms with Crippen LogP contribution < -0.4 is 0 Å². The molecular weight excluding hydrogens is 280 g/mol. The smallest absolute Gasteiger partial charge is 0.381 e. The van der Waals surface area contributed by atoms with Gasteiger partial charge in [-0.2, -0.15) is 12.6 Å². The Morgan fingerprint density at radius 3 is 2.47 bits per heavy atom. The molecule has 0 heterocycles. The minimum absolute atomic E-state index is 0.0280. The second-order valence-electron chi connectivity index (χ2n) is 2.12. The van der Waals surface area contributed by atoms with Crippen LogP contribution in [0.5, 0.6) is 0 Å². The fourth-order valence-corrected chi connectivity index (χ4v) is 3.06. The molecule has 0 aromatic carbocycles. The monoisotopic (exact) mass is 290 g/mol. The Bertz CT molecular complexity index is 209. The molecule has 3 nitrogen and oxygen atoms in total. The molecule has 0 saturated carbocycles. The third kappa shape index (κ3) is 7.53. The Hall–Kier alpha value is 0.660. The lowest BCUT2D eigenvalue weighted by Crippen LogP contribution is -1.94. The third-order valence-electron chi connectivity index (χ3n) is 1.11. The van der Waals surface area contributed by atoms with Crippen molar-refractivity contribution in [2.24, 2.45) is 4.52 Å². The van der Waals surface area contributed by atoms with E-state index in [4.69, 9.17) is 4.74 Å². The van der Waals surface area contributed by atoms with Gasteiger partial charge in [0.25, 0.3) is 0 Å². The summed E-state index contributed by atoms with van der Waals surface area (Å²) in [7, 11) is -10.7. The molecule has 0 aromatic heterocycles. The van der Waals surface area contributed by atoms with Gasteiger partial charge >= 0.3 is 17.2 Å². The van der Waals surface area contributed by atoms with E-state index in [1.54, 1.807) is 6.92 Å². The summed E-state index contributed by atoms with van der Waals surface area (Å²) < 4.78 is 66.9. The van der Waals surface area contributed by atoms with E-state index in [1.165, 1.54) is 0 Å². The molecule has 2 unspecified atom stereocenters. The van der Waals surface area contributed by atoms with Crippen LogP contribution in [0.3, 0.4) is 0 Å². The topological polar surface area (TPSA) is 24.8 Å². The standard InChI is InChI=1S/C4H10F5N2OP3/c1-2-12-3-4-13(6)10-15(9)11(5)14(7)8/h13H,2-4H2,1H3. The van der Waals surface area contributed by atoms with Crippen molar-refractivity contribution in [3.8, 4) is 0 Å². The second-order valence-corrected chi connectivity index (χ2v) is 6.10. The van der Waals surface area contributed by atoms with Crippen LogP contribution >= 0.6 is 25.3 Å². The molecule has 0 aromatic rings. The molecule has 0 aliphatic heterocycles. The van der Waals surface area contributed by atoms with E-state index in [0.29, 0.717) is 6.61 Å². The number of ether oxygens (including phenoxy) is 1. The fraction of sp³-hybridized carbons (Fsp3) is 1.00. The van der Waals surface area contributed by atoms with Crippen LogP contribution in [0.15, 0.2) is 4.52 Å². The zero-order chi connectivity index (χ0) is 11.8. The zero-order valence-electron chi connectivity index (χ0n) is 7.71. The molecular formula is C4H10F5N2OP3. The quantitative estimate of drug-likeness (QED) is 0.289. The van der Waals surface area contributed by atoms with Gasteiger partial charge in [-0.05, 0) is 6.92 Å². The summed E-state index contributed by atoms with van der Waals surface area (Å²) in [6, 6.07) is 0. The van der Waals surface area contributed by atoms with E-state index >= 15 is 0 Å². The molecule has 0 saturated heterocycles. The number of hydrogen-bond donors (Lipinski definition) is 0. The maximum absolute atomic E-state index is 12.8. The molecule has 0 rings (SSSR count). The average molecular weight is 290 g/mol. The fourth-order valence-electron chi connectivity index (χ4n) is 0.533. The maximum Gasteiger partial charge on any atom is 0.381 e. The summed E-state index contributed by atoms with van der Waals surface area (Å²) in [5.74, 6) is 0. The highest BCUT2D eigenvalue weighted by molar-refractivity contribution is 7.65. The lowest BCUT2D eigenvalue weighted by molar-refractivity contribution is 0.163. The SMILES string of the molecule is CCOCC/[PH](F)=N/P(F)N(F)P(F)F. The first-order chi connectivity index (χ1) is 6.99. The number of rotatable bonds is 7. The molecule has 0 aliphatic rings. The van der Waals surface area contributed by atoms with Crippen LogP contribution in [0.4, 0.5) is 21.3 Å². The van der Waals surface area contributed by atoms with Gasteiger partial charge in [0.15, 0.2) is 0 Å². The van der Waals surface area contributed by atoms with Crippen molar-refractivity contribution >= 4 is 25.3 Å². The van der Waals surface area contributed by atoms with Crippen molar-refractivity contribution in [3.63, 3.8) is 0 Å². The molecule has 2 atom stereocenters. The lowest BCUT2D eigenvalue weighted by Gasteiger charge is -2.08. The average Bonchev–Trinajstić information content (AvgIpc) is 2.16. The predicted molar refractivity (Wildman–Crippen MR) is 53.3 cm³/mol. The highest BCUT2D eigenvalue weighted by atomic mass is 31.3. The summed E-state index contributed by atoms with van der Waals surface area (Å²) in [6.45, 7) is 2.09. The van der Waals surface area contributed by atoms with E-state index in [2.05, 4.69) is 4.52 Å². The molecule has 0 aliphatic carbocycles. The third-order valence-corrected chi connectivity index (χ3v) is 4.62.